The van der Waals surface area contributed by atoms with Gasteiger partial charge in [-0.3, -0.25) is 9.69 Å². The number of nitrogens with zero attached hydrogens (tertiary/aromatic N) is 4. The van der Waals surface area contributed by atoms with E-state index in [4.69, 9.17) is 16.7 Å². The molecule has 0 radical (unpaired) electrons. The van der Waals surface area contributed by atoms with Crippen molar-refractivity contribution in [3.05, 3.63) is 23.4 Å². The zero-order chi connectivity index (χ0) is 15.2. The maximum atomic E-state index is 12.3. The summed E-state index contributed by atoms with van der Waals surface area (Å²) in [5.41, 5.74) is 0. The number of hydrogen-bond donors (Lipinski definition) is 1. The highest BCUT2D eigenvalue weighted by atomic mass is 35.5. The number of β-amino-alcohol motifs (C(OH)–C–C–N with tert-alkyl or cyclic N) is 1. The summed E-state index contributed by atoms with van der Waals surface area (Å²) in [6, 6.07) is 3.56. The Hall–Kier alpha value is -1.37. The van der Waals surface area contributed by atoms with Gasteiger partial charge in [0.15, 0.2) is 0 Å². The van der Waals surface area contributed by atoms with E-state index in [1.54, 1.807) is 18.3 Å². The summed E-state index contributed by atoms with van der Waals surface area (Å²) in [7, 11) is 1.84. The maximum absolute atomic E-state index is 12.3. The first-order chi connectivity index (χ1) is 10.1. The molecule has 116 valence electrons. The zero-order valence-corrected chi connectivity index (χ0v) is 13.0. The number of aliphatic hydroxyl groups is 1. The topological polar surface area (TPSA) is 59.9 Å². The molecule has 0 aromatic carbocycles. The number of hydrogen-bond acceptors (Lipinski definition) is 5. The number of likely N-dealkylation sites (N-methyl/N-ethyl adjacent to an activating group) is 1. The van der Waals surface area contributed by atoms with Gasteiger partial charge in [-0.15, -0.1) is 0 Å². The number of rotatable bonds is 5. The predicted octanol–water partition coefficient (Wildman–Crippen LogP) is 0.308. The fraction of sp³-hybridized carbons (Fsp3) is 0.571. The summed E-state index contributed by atoms with van der Waals surface area (Å²) in [4.78, 5) is 22.3. The van der Waals surface area contributed by atoms with Gasteiger partial charge in [-0.25, -0.2) is 4.98 Å². The van der Waals surface area contributed by atoms with Gasteiger partial charge in [0.05, 0.1) is 18.2 Å². The third-order valence-electron chi connectivity index (χ3n) is 3.62. The predicted molar refractivity (Wildman–Crippen MR) is 82.6 cm³/mol. The molecule has 1 saturated heterocycles. The molecule has 1 N–H and O–H groups in total. The molecule has 1 aromatic heterocycles. The first-order valence-electron chi connectivity index (χ1n) is 7.04. The van der Waals surface area contributed by atoms with E-state index in [-0.39, 0.29) is 12.5 Å². The molecular formula is C14H21ClN4O2. The minimum Gasteiger partial charge on any atom is -0.395 e. The Morgan fingerprint density at radius 1 is 1.38 bits per heavy atom. The van der Waals surface area contributed by atoms with Crippen LogP contribution in [0.3, 0.4) is 0 Å². The van der Waals surface area contributed by atoms with Crippen LogP contribution in [-0.4, -0.2) is 78.7 Å². The lowest BCUT2D eigenvalue weighted by Crippen LogP contribution is -2.51. The summed E-state index contributed by atoms with van der Waals surface area (Å²) >= 11 is 5.80. The minimum absolute atomic E-state index is 0.0953. The van der Waals surface area contributed by atoms with Gasteiger partial charge in [-0.2, -0.15) is 0 Å². The summed E-state index contributed by atoms with van der Waals surface area (Å²) in [5, 5.41) is 9.49. The van der Waals surface area contributed by atoms with E-state index >= 15 is 0 Å². The molecule has 0 aliphatic carbocycles. The third-order valence-corrected chi connectivity index (χ3v) is 3.84. The monoisotopic (exact) mass is 312 g/mol. The van der Waals surface area contributed by atoms with Crippen molar-refractivity contribution in [2.45, 2.75) is 0 Å². The van der Waals surface area contributed by atoms with E-state index in [2.05, 4.69) is 9.88 Å². The number of pyridine rings is 1. The molecular weight excluding hydrogens is 292 g/mol. The summed E-state index contributed by atoms with van der Waals surface area (Å²) < 4.78 is 0. The van der Waals surface area contributed by atoms with Crippen molar-refractivity contribution in [3.8, 4) is 0 Å². The van der Waals surface area contributed by atoms with Crippen LogP contribution >= 0.6 is 11.6 Å². The van der Waals surface area contributed by atoms with Crippen molar-refractivity contribution in [1.29, 1.82) is 0 Å². The van der Waals surface area contributed by atoms with Crippen LogP contribution in [0.15, 0.2) is 18.3 Å². The maximum Gasteiger partial charge on any atom is 0.242 e. The zero-order valence-electron chi connectivity index (χ0n) is 12.2. The Labute approximate surface area is 129 Å². The van der Waals surface area contributed by atoms with Gasteiger partial charge in [-0.05, 0) is 12.1 Å². The Balaban J connectivity index is 1.83. The molecule has 0 bridgehead atoms. The second kappa shape index (κ2) is 7.59. The van der Waals surface area contributed by atoms with E-state index in [1.165, 1.54) is 0 Å². The van der Waals surface area contributed by atoms with Crippen LogP contribution in [0.4, 0.5) is 5.82 Å². The fourth-order valence-corrected chi connectivity index (χ4v) is 2.45. The van der Waals surface area contributed by atoms with E-state index in [9.17, 15) is 4.79 Å². The van der Waals surface area contributed by atoms with Crippen molar-refractivity contribution in [2.24, 2.45) is 0 Å². The molecule has 0 saturated carbocycles. The van der Waals surface area contributed by atoms with Crippen molar-refractivity contribution >= 4 is 23.3 Å². The number of carbonyl (C=O) groups is 1. The van der Waals surface area contributed by atoms with Gasteiger partial charge in [0.1, 0.15) is 5.82 Å². The van der Waals surface area contributed by atoms with Gasteiger partial charge in [0.2, 0.25) is 5.91 Å². The van der Waals surface area contributed by atoms with E-state index in [0.717, 1.165) is 18.9 Å². The average Bonchev–Trinajstić information content (AvgIpc) is 2.49. The Morgan fingerprint density at radius 3 is 2.67 bits per heavy atom. The molecule has 0 spiro atoms. The molecule has 1 amide bonds. The molecule has 1 aromatic rings. The quantitative estimate of drug-likeness (QED) is 0.848. The number of amides is 1. The molecule has 1 aliphatic heterocycles. The van der Waals surface area contributed by atoms with Crippen molar-refractivity contribution < 1.29 is 9.90 Å². The normalized spacial score (nSPS) is 16.0. The summed E-state index contributed by atoms with van der Waals surface area (Å²) in [5.74, 6) is 0.824. The van der Waals surface area contributed by atoms with Gasteiger partial charge in [0, 0.05) is 46.0 Å². The van der Waals surface area contributed by atoms with E-state index in [1.807, 2.05) is 16.8 Å². The minimum atomic E-state index is 0.0953. The van der Waals surface area contributed by atoms with Crippen LogP contribution in [0, 0.1) is 0 Å². The van der Waals surface area contributed by atoms with Gasteiger partial charge in [0.25, 0.3) is 0 Å². The van der Waals surface area contributed by atoms with Crippen molar-refractivity contribution in [2.75, 3.05) is 57.8 Å². The highest BCUT2D eigenvalue weighted by molar-refractivity contribution is 6.30. The van der Waals surface area contributed by atoms with Crippen LogP contribution in [-0.2, 0) is 4.79 Å². The molecule has 2 heterocycles. The lowest BCUT2D eigenvalue weighted by atomic mass is 10.3. The average molecular weight is 313 g/mol. The Morgan fingerprint density at radius 2 is 2.10 bits per heavy atom. The van der Waals surface area contributed by atoms with Crippen LogP contribution in [0.25, 0.3) is 0 Å². The first-order valence-corrected chi connectivity index (χ1v) is 7.41. The van der Waals surface area contributed by atoms with Gasteiger partial charge in [-0.1, -0.05) is 11.6 Å². The number of anilines is 1. The third kappa shape index (κ3) is 4.56. The smallest absolute Gasteiger partial charge is 0.242 e. The molecule has 1 aliphatic rings. The molecule has 21 heavy (non-hydrogen) atoms. The van der Waals surface area contributed by atoms with Crippen LogP contribution in [0.2, 0.25) is 5.02 Å². The van der Waals surface area contributed by atoms with E-state index < -0.39 is 0 Å². The molecule has 2 rings (SSSR count). The molecule has 0 unspecified atom stereocenters. The second-order valence-electron chi connectivity index (χ2n) is 5.14. The number of carbonyl (C=O) groups excluding carboxylic acids is 1. The SMILES string of the molecule is CN(CC(=O)N1CCN(CCO)CC1)c1ccc(Cl)cn1. The highest BCUT2D eigenvalue weighted by Crippen LogP contribution is 2.13. The molecule has 0 atom stereocenters. The highest BCUT2D eigenvalue weighted by Gasteiger charge is 2.21. The Kier molecular flexibility index (Phi) is 5.78. The van der Waals surface area contributed by atoms with Crippen LogP contribution in [0.5, 0.6) is 0 Å². The first kappa shape index (κ1) is 16.0. The van der Waals surface area contributed by atoms with Gasteiger partial charge < -0.3 is 14.9 Å². The number of aromatic nitrogens is 1. The van der Waals surface area contributed by atoms with Gasteiger partial charge >= 0.3 is 0 Å². The van der Waals surface area contributed by atoms with Crippen LogP contribution < -0.4 is 4.90 Å². The standard InChI is InChI=1S/C14H21ClN4O2/c1-17(13-3-2-12(15)10-16-13)11-14(21)19-6-4-18(5-7-19)8-9-20/h2-3,10,20H,4-9,11H2,1H3. The lowest BCUT2D eigenvalue weighted by Gasteiger charge is -2.35. The summed E-state index contributed by atoms with van der Waals surface area (Å²) in [6.45, 7) is 4.19. The number of piperazine rings is 1. The molecule has 7 heteroatoms. The largest absolute Gasteiger partial charge is 0.395 e. The Bertz CT molecular complexity index is 461. The summed E-state index contributed by atoms with van der Waals surface area (Å²) in [6.07, 6.45) is 1.57. The van der Waals surface area contributed by atoms with Crippen LogP contribution in [0.1, 0.15) is 0 Å². The number of aliphatic hydroxyl groups excluding tert-OH is 1. The molecule has 6 nitrogen and oxygen atoms in total. The molecule has 1 fully saturated rings. The van der Waals surface area contributed by atoms with E-state index in [0.29, 0.717) is 31.2 Å². The second-order valence-corrected chi connectivity index (χ2v) is 5.57. The van der Waals surface area contributed by atoms with Crippen molar-refractivity contribution in [3.63, 3.8) is 0 Å². The number of halogens is 1. The fourth-order valence-electron chi connectivity index (χ4n) is 2.34. The van der Waals surface area contributed by atoms with Crippen molar-refractivity contribution in [1.82, 2.24) is 14.8 Å². The lowest BCUT2D eigenvalue weighted by molar-refractivity contribution is -0.131.